The second kappa shape index (κ2) is 9.83. The minimum absolute atomic E-state index is 0.340. The van der Waals surface area contributed by atoms with E-state index in [-0.39, 0.29) is 5.91 Å². The number of carbonyl (C=O) groups is 1. The van der Waals surface area contributed by atoms with Crippen LogP contribution in [0.15, 0.2) is 66.7 Å². The Morgan fingerprint density at radius 3 is 2.20 bits per heavy atom. The smallest absolute Gasteiger partial charge is 0.245 e. The summed E-state index contributed by atoms with van der Waals surface area (Å²) in [6.07, 6.45) is 3.08. The van der Waals surface area contributed by atoms with Gasteiger partial charge >= 0.3 is 0 Å². The van der Waals surface area contributed by atoms with Gasteiger partial charge in [0.15, 0.2) is 0 Å². The Bertz CT molecular complexity index is 685. The van der Waals surface area contributed by atoms with Gasteiger partial charge in [-0.1, -0.05) is 95.5 Å². The number of hydrogen-bond donors (Lipinski definition) is 2. The quantitative estimate of drug-likeness (QED) is 0.414. The van der Waals surface area contributed by atoms with Gasteiger partial charge in [-0.3, -0.25) is 10.1 Å². The molecule has 0 aliphatic heterocycles. The van der Waals surface area contributed by atoms with E-state index in [2.05, 4.69) is 10.6 Å². The van der Waals surface area contributed by atoms with Crippen LogP contribution in [0.4, 0.5) is 0 Å². The van der Waals surface area contributed by atoms with Gasteiger partial charge in [0.2, 0.25) is 9.70 Å². The summed E-state index contributed by atoms with van der Waals surface area (Å²) >= 11 is 17.9. The van der Waals surface area contributed by atoms with Gasteiger partial charge < -0.3 is 5.32 Å². The standard InChI is InChI=1S/C19H19Cl3N2O/c20-19(21,22)18(23-14-13-16-9-5-2-6-10-16)24-17(25)12-11-15-7-3-1-4-8-15/h1-12,18,23H,13-14H2,(H,24,25)/b12-11+. The van der Waals surface area contributed by atoms with Gasteiger partial charge in [0, 0.05) is 12.6 Å². The second-order valence-electron chi connectivity index (χ2n) is 5.42. The maximum atomic E-state index is 12.1. The van der Waals surface area contributed by atoms with E-state index in [1.807, 2.05) is 60.7 Å². The predicted molar refractivity (Wildman–Crippen MR) is 106 cm³/mol. The SMILES string of the molecule is O=C(/C=C/c1ccccc1)NC(NCCc1ccccc1)C(Cl)(Cl)Cl. The number of hydrogen-bond acceptors (Lipinski definition) is 2. The number of carbonyl (C=O) groups excluding carboxylic acids is 1. The molecule has 0 saturated carbocycles. The molecule has 0 spiro atoms. The lowest BCUT2D eigenvalue weighted by Crippen LogP contribution is -2.53. The van der Waals surface area contributed by atoms with Crippen molar-refractivity contribution in [2.24, 2.45) is 0 Å². The number of nitrogens with one attached hydrogen (secondary N) is 2. The van der Waals surface area contributed by atoms with E-state index in [1.54, 1.807) is 6.08 Å². The molecule has 0 aliphatic rings. The molecule has 25 heavy (non-hydrogen) atoms. The molecule has 0 aliphatic carbocycles. The topological polar surface area (TPSA) is 41.1 Å². The van der Waals surface area contributed by atoms with Gasteiger partial charge in [0.1, 0.15) is 6.17 Å². The van der Waals surface area contributed by atoms with E-state index < -0.39 is 9.96 Å². The Kier molecular flexibility index (Phi) is 7.79. The first-order valence-electron chi connectivity index (χ1n) is 7.83. The average molecular weight is 398 g/mol. The van der Waals surface area contributed by atoms with Crippen molar-refractivity contribution in [1.82, 2.24) is 10.6 Å². The van der Waals surface area contributed by atoms with Crippen molar-refractivity contribution in [3.63, 3.8) is 0 Å². The maximum Gasteiger partial charge on any atom is 0.245 e. The van der Waals surface area contributed by atoms with E-state index in [0.717, 1.165) is 17.5 Å². The van der Waals surface area contributed by atoms with Gasteiger partial charge in [0.05, 0.1) is 0 Å². The van der Waals surface area contributed by atoms with Crippen LogP contribution in [0.5, 0.6) is 0 Å². The van der Waals surface area contributed by atoms with Gasteiger partial charge in [-0.15, -0.1) is 0 Å². The monoisotopic (exact) mass is 396 g/mol. The highest BCUT2D eigenvalue weighted by atomic mass is 35.6. The predicted octanol–water partition coefficient (Wildman–Crippen LogP) is 4.34. The lowest BCUT2D eigenvalue weighted by Gasteiger charge is -2.26. The van der Waals surface area contributed by atoms with Crippen LogP contribution in [0.25, 0.3) is 6.08 Å². The zero-order valence-electron chi connectivity index (χ0n) is 13.5. The fourth-order valence-electron chi connectivity index (χ4n) is 2.18. The Labute approximate surface area is 163 Å². The minimum Gasteiger partial charge on any atom is -0.333 e. The highest BCUT2D eigenvalue weighted by molar-refractivity contribution is 6.68. The van der Waals surface area contributed by atoms with Crippen molar-refractivity contribution in [3.05, 3.63) is 77.9 Å². The Morgan fingerprint density at radius 1 is 1.00 bits per heavy atom. The van der Waals surface area contributed by atoms with Crippen molar-refractivity contribution in [3.8, 4) is 0 Å². The summed E-state index contributed by atoms with van der Waals surface area (Å²) in [5, 5.41) is 5.76. The Hall–Kier alpha value is -1.52. The first kappa shape index (κ1) is 19.8. The highest BCUT2D eigenvalue weighted by Gasteiger charge is 2.33. The van der Waals surface area contributed by atoms with Crippen LogP contribution in [0.3, 0.4) is 0 Å². The molecule has 2 N–H and O–H groups in total. The average Bonchev–Trinajstić information content (AvgIpc) is 2.60. The molecule has 6 heteroatoms. The molecule has 1 unspecified atom stereocenters. The van der Waals surface area contributed by atoms with Crippen molar-refractivity contribution < 1.29 is 4.79 Å². The van der Waals surface area contributed by atoms with Crippen molar-refractivity contribution >= 4 is 46.8 Å². The van der Waals surface area contributed by atoms with E-state index in [4.69, 9.17) is 34.8 Å². The van der Waals surface area contributed by atoms with Crippen molar-refractivity contribution in [1.29, 1.82) is 0 Å². The summed E-state index contributed by atoms with van der Waals surface area (Å²) in [6.45, 7) is 0.561. The molecule has 0 radical (unpaired) electrons. The molecule has 0 bridgehead atoms. The summed E-state index contributed by atoms with van der Waals surface area (Å²) in [4.78, 5) is 12.1. The lowest BCUT2D eigenvalue weighted by molar-refractivity contribution is -0.117. The number of rotatable bonds is 7. The molecule has 0 fully saturated rings. The van der Waals surface area contributed by atoms with Gasteiger partial charge in [-0.05, 0) is 23.6 Å². The summed E-state index contributed by atoms with van der Waals surface area (Å²) in [7, 11) is 0. The van der Waals surface area contributed by atoms with Gasteiger partial charge in [0.25, 0.3) is 0 Å². The lowest BCUT2D eigenvalue weighted by atomic mass is 10.1. The van der Waals surface area contributed by atoms with Crippen LogP contribution in [-0.4, -0.2) is 22.4 Å². The Balaban J connectivity index is 1.89. The van der Waals surface area contributed by atoms with Crippen LogP contribution >= 0.6 is 34.8 Å². The van der Waals surface area contributed by atoms with E-state index in [1.165, 1.54) is 6.08 Å². The normalized spacial score (nSPS) is 12.9. The molecule has 0 saturated heterocycles. The summed E-state index contributed by atoms with van der Waals surface area (Å²) < 4.78 is -1.66. The molecular weight excluding hydrogens is 379 g/mol. The van der Waals surface area contributed by atoms with Gasteiger partial charge in [-0.2, -0.15) is 0 Å². The second-order valence-corrected chi connectivity index (χ2v) is 7.79. The molecule has 1 amide bonds. The summed E-state index contributed by atoms with van der Waals surface area (Å²) in [5.41, 5.74) is 2.08. The molecule has 1 atom stereocenters. The zero-order chi connectivity index (χ0) is 18.1. The van der Waals surface area contributed by atoms with Crippen molar-refractivity contribution in [2.75, 3.05) is 6.54 Å². The summed E-state index contributed by atoms with van der Waals surface area (Å²) in [5.74, 6) is -0.340. The molecule has 132 valence electrons. The molecule has 3 nitrogen and oxygen atoms in total. The third-order valence-electron chi connectivity index (χ3n) is 3.45. The number of alkyl halides is 3. The molecule has 2 rings (SSSR count). The van der Waals surface area contributed by atoms with Crippen LogP contribution in [-0.2, 0) is 11.2 Å². The number of benzene rings is 2. The fraction of sp³-hybridized carbons (Fsp3) is 0.211. The third-order valence-corrected chi connectivity index (χ3v) is 4.10. The first-order chi connectivity index (χ1) is 11.9. The molecule has 2 aromatic carbocycles. The number of halogens is 3. The number of amides is 1. The fourth-order valence-corrected chi connectivity index (χ4v) is 2.58. The maximum absolute atomic E-state index is 12.1. The first-order valence-corrected chi connectivity index (χ1v) is 8.96. The van der Waals surface area contributed by atoms with E-state index in [0.29, 0.717) is 6.54 Å². The van der Waals surface area contributed by atoms with Crippen LogP contribution in [0.2, 0.25) is 0 Å². The highest BCUT2D eigenvalue weighted by Crippen LogP contribution is 2.29. The van der Waals surface area contributed by atoms with Crippen molar-refractivity contribution in [2.45, 2.75) is 16.4 Å². The summed E-state index contributed by atoms with van der Waals surface area (Å²) in [6, 6.07) is 19.4. The van der Waals surface area contributed by atoms with Crippen LogP contribution in [0.1, 0.15) is 11.1 Å². The Morgan fingerprint density at radius 2 is 1.60 bits per heavy atom. The largest absolute Gasteiger partial charge is 0.333 e. The molecule has 0 aromatic heterocycles. The van der Waals surface area contributed by atoms with Gasteiger partial charge in [-0.25, -0.2) is 0 Å². The minimum atomic E-state index is -1.66. The van der Waals surface area contributed by atoms with E-state index in [9.17, 15) is 4.79 Å². The van der Waals surface area contributed by atoms with Crippen LogP contribution < -0.4 is 10.6 Å². The zero-order valence-corrected chi connectivity index (χ0v) is 15.7. The molecule has 0 heterocycles. The van der Waals surface area contributed by atoms with E-state index >= 15 is 0 Å². The molecular formula is C19H19Cl3N2O. The third kappa shape index (κ3) is 7.49. The van der Waals surface area contributed by atoms with Crippen LogP contribution in [0, 0.1) is 0 Å². The molecule has 2 aromatic rings.